The zero-order valence-electron chi connectivity index (χ0n) is 15.2. The molecule has 2 aliphatic carbocycles. The Morgan fingerprint density at radius 3 is 2.07 bits per heavy atom. The van der Waals surface area contributed by atoms with Crippen molar-refractivity contribution >= 4 is 0 Å². The average molecular weight is 344 g/mol. The molecule has 0 unspecified atom stereocenters. The predicted octanol–water partition coefficient (Wildman–Crippen LogP) is 6.42. The van der Waals surface area contributed by atoms with Gasteiger partial charge in [0, 0.05) is 0 Å². The second-order valence-electron chi connectivity index (χ2n) is 7.79. The van der Waals surface area contributed by atoms with E-state index in [4.69, 9.17) is 0 Å². The van der Waals surface area contributed by atoms with Crippen LogP contribution in [-0.2, 0) is 19.3 Å². The maximum atomic E-state index is 2.43. The van der Waals surface area contributed by atoms with Crippen LogP contribution in [0.4, 0.5) is 0 Å². The van der Waals surface area contributed by atoms with Gasteiger partial charge >= 0.3 is 0 Å². The first-order valence-corrected chi connectivity index (χ1v) is 9.76. The molecule has 0 N–H and O–H groups in total. The summed E-state index contributed by atoms with van der Waals surface area (Å²) >= 11 is 0. The van der Waals surface area contributed by atoms with Crippen LogP contribution in [0, 0.1) is 0 Å². The summed E-state index contributed by atoms with van der Waals surface area (Å²) in [5, 5.41) is 0. The highest BCUT2D eigenvalue weighted by Gasteiger charge is 2.22. The van der Waals surface area contributed by atoms with E-state index in [2.05, 4.69) is 84.9 Å². The molecule has 6 rings (SSSR count). The van der Waals surface area contributed by atoms with E-state index in [0.717, 1.165) is 19.3 Å². The molecular weight excluding hydrogens is 324 g/mol. The third kappa shape index (κ3) is 2.30. The molecule has 0 fully saturated rings. The van der Waals surface area contributed by atoms with Gasteiger partial charge in [-0.2, -0.15) is 0 Å². The van der Waals surface area contributed by atoms with E-state index in [0.29, 0.717) is 0 Å². The fraction of sp³-hybridized carbons (Fsp3) is 0.111. The lowest BCUT2D eigenvalue weighted by molar-refractivity contribution is 1.16. The molecule has 0 saturated carbocycles. The highest BCUT2D eigenvalue weighted by molar-refractivity contribution is 5.80. The molecule has 0 saturated heterocycles. The van der Waals surface area contributed by atoms with Gasteiger partial charge < -0.3 is 0 Å². The summed E-state index contributed by atoms with van der Waals surface area (Å²) in [6.07, 6.45) is 3.13. The molecule has 2 aliphatic rings. The van der Waals surface area contributed by atoms with Crippen LogP contribution in [0.25, 0.3) is 22.3 Å². The Morgan fingerprint density at radius 2 is 1.19 bits per heavy atom. The third-order valence-electron chi connectivity index (χ3n) is 6.16. The molecule has 0 spiro atoms. The molecule has 0 aliphatic heterocycles. The van der Waals surface area contributed by atoms with Gasteiger partial charge in [0.1, 0.15) is 0 Å². The number of fused-ring (bicyclic) bond motifs is 6. The summed E-state index contributed by atoms with van der Waals surface area (Å²) in [7, 11) is 0. The van der Waals surface area contributed by atoms with Crippen LogP contribution >= 0.6 is 0 Å². The highest BCUT2D eigenvalue weighted by atomic mass is 14.3. The number of hydrogen-bond acceptors (Lipinski definition) is 0. The fourth-order valence-corrected chi connectivity index (χ4v) is 4.95. The average Bonchev–Trinajstić information content (AvgIpc) is 3.26. The maximum Gasteiger partial charge on any atom is -0.00133 e. The lowest BCUT2D eigenvalue weighted by atomic mass is 9.93. The van der Waals surface area contributed by atoms with E-state index < -0.39 is 0 Å². The smallest absolute Gasteiger partial charge is 0.00133 e. The SMILES string of the molecule is c1ccc2c(c1)Cc1cc(Cc3cccc4c3-c3ccccc3C4)ccc1-2. The molecule has 0 heterocycles. The van der Waals surface area contributed by atoms with Crippen LogP contribution in [0.5, 0.6) is 0 Å². The monoisotopic (exact) mass is 344 g/mol. The van der Waals surface area contributed by atoms with E-state index in [1.165, 1.54) is 55.6 Å². The van der Waals surface area contributed by atoms with E-state index in [-0.39, 0.29) is 0 Å². The van der Waals surface area contributed by atoms with E-state index in [9.17, 15) is 0 Å². The van der Waals surface area contributed by atoms with E-state index >= 15 is 0 Å². The Kier molecular flexibility index (Phi) is 3.16. The number of benzene rings is 4. The summed E-state index contributed by atoms with van der Waals surface area (Å²) in [6, 6.07) is 31.6. The molecule has 0 nitrogen and oxygen atoms in total. The Hall–Kier alpha value is -3.12. The van der Waals surface area contributed by atoms with Gasteiger partial charge in [0.15, 0.2) is 0 Å². The zero-order valence-corrected chi connectivity index (χ0v) is 15.2. The first-order valence-electron chi connectivity index (χ1n) is 9.76. The van der Waals surface area contributed by atoms with Crippen LogP contribution < -0.4 is 0 Å². The van der Waals surface area contributed by atoms with Crippen molar-refractivity contribution in [1.29, 1.82) is 0 Å². The van der Waals surface area contributed by atoms with Gasteiger partial charge in [-0.05, 0) is 74.9 Å². The summed E-state index contributed by atoms with van der Waals surface area (Å²) in [5.41, 5.74) is 14.5. The van der Waals surface area contributed by atoms with Gasteiger partial charge in [-0.1, -0.05) is 84.9 Å². The lowest BCUT2D eigenvalue weighted by Crippen LogP contribution is -1.94. The van der Waals surface area contributed by atoms with Gasteiger partial charge in [-0.25, -0.2) is 0 Å². The molecule has 0 amide bonds. The first-order chi connectivity index (χ1) is 13.4. The maximum absolute atomic E-state index is 2.43. The quantitative estimate of drug-likeness (QED) is 0.340. The number of rotatable bonds is 2. The van der Waals surface area contributed by atoms with Crippen LogP contribution in [-0.4, -0.2) is 0 Å². The van der Waals surface area contributed by atoms with Crippen molar-refractivity contribution in [2.24, 2.45) is 0 Å². The standard InChI is InChI=1S/C27H20/c1-3-10-24-19(6-1)17-23-15-18(12-13-25(23)24)14-21-8-5-9-22-16-20-7-2-4-11-26(20)27(21)22/h1-13,15H,14,16-17H2. The van der Waals surface area contributed by atoms with Gasteiger partial charge in [0.25, 0.3) is 0 Å². The Bertz CT molecular complexity index is 1200. The summed E-state index contributed by atoms with van der Waals surface area (Å²) in [5.74, 6) is 0. The fourth-order valence-electron chi connectivity index (χ4n) is 4.95. The molecule has 0 atom stereocenters. The molecule has 128 valence electrons. The molecule has 0 heteroatoms. The highest BCUT2D eigenvalue weighted by Crippen LogP contribution is 2.40. The Labute approximate surface area is 160 Å². The van der Waals surface area contributed by atoms with Crippen LogP contribution in [0.1, 0.15) is 33.4 Å². The van der Waals surface area contributed by atoms with Crippen LogP contribution in [0.15, 0.2) is 84.9 Å². The number of hydrogen-bond donors (Lipinski definition) is 0. The zero-order chi connectivity index (χ0) is 17.8. The Balaban J connectivity index is 1.40. The van der Waals surface area contributed by atoms with Crippen molar-refractivity contribution in [1.82, 2.24) is 0 Å². The van der Waals surface area contributed by atoms with Crippen LogP contribution in [0.3, 0.4) is 0 Å². The largest absolute Gasteiger partial charge is 0.0619 e. The molecule has 27 heavy (non-hydrogen) atoms. The van der Waals surface area contributed by atoms with Gasteiger partial charge in [0.2, 0.25) is 0 Å². The van der Waals surface area contributed by atoms with Crippen molar-refractivity contribution in [3.05, 3.63) is 118 Å². The molecule has 4 aromatic rings. The van der Waals surface area contributed by atoms with Crippen molar-refractivity contribution in [2.75, 3.05) is 0 Å². The second-order valence-corrected chi connectivity index (χ2v) is 7.79. The van der Waals surface area contributed by atoms with E-state index in [1.807, 2.05) is 0 Å². The third-order valence-corrected chi connectivity index (χ3v) is 6.16. The summed E-state index contributed by atoms with van der Waals surface area (Å²) in [4.78, 5) is 0. The molecule has 0 bridgehead atoms. The van der Waals surface area contributed by atoms with Gasteiger partial charge in [-0.3, -0.25) is 0 Å². The first kappa shape index (κ1) is 15.0. The summed E-state index contributed by atoms with van der Waals surface area (Å²) in [6.45, 7) is 0. The predicted molar refractivity (Wildman–Crippen MR) is 112 cm³/mol. The van der Waals surface area contributed by atoms with Gasteiger partial charge in [0.05, 0.1) is 0 Å². The van der Waals surface area contributed by atoms with Crippen molar-refractivity contribution in [3.8, 4) is 22.3 Å². The summed E-state index contributed by atoms with van der Waals surface area (Å²) < 4.78 is 0. The topological polar surface area (TPSA) is 0 Å². The van der Waals surface area contributed by atoms with Crippen molar-refractivity contribution < 1.29 is 0 Å². The minimum Gasteiger partial charge on any atom is -0.0619 e. The Morgan fingerprint density at radius 1 is 0.519 bits per heavy atom. The lowest BCUT2D eigenvalue weighted by Gasteiger charge is -2.11. The van der Waals surface area contributed by atoms with Crippen molar-refractivity contribution in [3.63, 3.8) is 0 Å². The van der Waals surface area contributed by atoms with Gasteiger partial charge in [-0.15, -0.1) is 0 Å². The van der Waals surface area contributed by atoms with Crippen molar-refractivity contribution in [2.45, 2.75) is 19.3 Å². The molecule has 0 aromatic heterocycles. The normalized spacial score (nSPS) is 13.0. The van der Waals surface area contributed by atoms with E-state index in [1.54, 1.807) is 0 Å². The molecule has 0 radical (unpaired) electrons. The minimum atomic E-state index is 1.00. The second kappa shape index (κ2) is 5.69. The molecular formula is C27H20. The molecule has 4 aromatic carbocycles. The minimum absolute atomic E-state index is 1.00. The van der Waals surface area contributed by atoms with Crippen LogP contribution in [0.2, 0.25) is 0 Å².